The van der Waals surface area contributed by atoms with Crippen LogP contribution in [0.2, 0.25) is 0 Å². The molecule has 3 atom stereocenters. The number of carbonyl (C=O) groups is 1. The molecule has 2 saturated carbocycles. The van der Waals surface area contributed by atoms with Gasteiger partial charge in [0.25, 0.3) is 0 Å². The van der Waals surface area contributed by atoms with Crippen molar-refractivity contribution in [3.63, 3.8) is 0 Å². The van der Waals surface area contributed by atoms with Crippen LogP contribution in [0.25, 0.3) is 0 Å². The molecule has 0 radical (unpaired) electrons. The summed E-state index contributed by atoms with van der Waals surface area (Å²) in [4.78, 5) is 12.0. The second-order valence-electron chi connectivity index (χ2n) is 5.22. The van der Waals surface area contributed by atoms with Gasteiger partial charge in [-0.15, -0.1) is 0 Å². The number of rotatable bonds is 1. The second kappa shape index (κ2) is 2.35. The minimum Gasteiger partial charge on any atom is -0.373 e. The third-order valence-electron chi connectivity index (χ3n) is 4.73. The topological polar surface area (TPSA) is 26.3 Å². The molecule has 0 aromatic carbocycles. The molecule has 0 heterocycles. The van der Waals surface area contributed by atoms with Crippen LogP contribution in [0.4, 0.5) is 0 Å². The van der Waals surface area contributed by atoms with Crippen LogP contribution in [-0.2, 0) is 9.53 Å². The van der Waals surface area contributed by atoms with Gasteiger partial charge in [-0.25, -0.2) is 0 Å². The summed E-state index contributed by atoms with van der Waals surface area (Å²) in [6, 6.07) is 0. The number of Topliss-reactive ketones (excluding diaryl/α,β-unsaturated/α-hetero) is 1. The fourth-order valence-electron chi connectivity index (χ4n) is 3.27. The first-order chi connectivity index (χ1) is 5.95. The maximum atomic E-state index is 12.0. The molecule has 2 rings (SSSR count). The molecule has 13 heavy (non-hydrogen) atoms. The number of fused-ring (bicyclic) bond motifs is 2. The molecule has 0 N–H and O–H groups in total. The molecule has 0 aromatic heterocycles. The van der Waals surface area contributed by atoms with Crippen molar-refractivity contribution in [3.8, 4) is 0 Å². The molecule has 2 heteroatoms. The zero-order chi connectivity index (χ0) is 9.85. The van der Waals surface area contributed by atoms with Gasteiger partial charge >= 0.3 is 0 Å². The first-order valence-electron chi connectivity index (χ1n) is 5.02. The van der Waals surface area contributed by atoms with Gasteiger partial charge in [0, 0.05) is 12.5 Å². The Balaban J connectivity index is 2.44. The van der Waals surface area contributed by atoms with Crippen LogP contribution in [0.5, 0.6) is 0 Å². The molecule has 2 aliphatic carbocycles. The van der Waals surface area contributed by atoms with Crippen LogP contribution in [0, 0.1) is 16.7 Å². The van der Waals surface area contributed by atoms with Crippen LogP contribution in [0.3, 0.4) is 0 Å². The lowest BCUT2D eigenvalue weighted by molar-refractivity contribution is -0.137. The van der Waals surface area contributed by atoms with Gasteiger partial charge < -0.3 is 4.74 Å². The Morgan fingerprint density at radius 1 is 1.38 bits per heavy atom. The molecular formula is C11H18O2. The fourth-order valence-corrected chi connectivity index (χ4v) is 3.27. The Labute approximate surface area is 79.7 Å². The molecule has 74 valence electrons. The van der Waals surface area contributed by atoms with Gasteiger partial charge in [0.1, 0.15) is 6.10 Å². The Bertz CT molecular complexity index is 257. The van der Waals surface area contributed by atoms with E-state index in [0.717, 1.165) is 12.8 Å². The zero-order valence-electron chi connectivity index (χ0n) is 8.89. The van der Waals surface area contributed by atoms with E-state index in [9.17, 15) is 4.79 Å². The summed E-state index contributed by atoms with van der Waals surface area (Å²) in [6.45, 7) is 6.53. The highest BCUT2D eigenvalue weighted by Crippen LogP contribution is 2.64. The van der Waals surface area contributed by atoms with Gasteiger partial charge in [-0.2, -0.15) is 0 Å². The summed E-state index contributed by atoms with van der Waals surface area (Å²) >= 11 is 0. The third-order valence-corrected chi connectivity index (χ3v) is 4.73. The molecule has 0 aromatic rings. The number of ketones is 1. The van der Waals surface area contributed by atoms with E-state index in [1.165, 1.54) is 0 Å². The monoisotopic (exact) mass is 182 g/mol. The van der Waals surface area contributed by atoms with Gasteiger partial charge in [-0.1, -0.05) is 20.8 Å². The molecule has 0 amide bonds. The Kier molecular flexibility index (Phi) is 1.66. The lowest BCUT2D eigenvalue weighted by Gasteiger charge is -2.31. The number of hydrogen-bond donors (Lipinski definition) is 0. The van der Waals surface area contributed by atoms with E-state index in [-0.39, 0.29) is 16.9 Å². The molecule has 0 unspecified atom stereocenters. The van der Waals surface area contributed by atoms with E-state index < -0.39 is 0 Å². The standard InChI is InChI=1S/C11H18O2/c1-10(2)7-5-6-11(10,3)9(12)8(7)13-4/h7-8H,5-6H2,1-4H3/t7-,8-,11+/m0/s1. The predicted octanol–water partition coefficient (Wildman–Crippen LogP) is 2.03. The van der Waals surface area contributed by atoms with Gasteiger partial charge in [0.15, 0.2) is 5.78 Å². The van der Waals surface area contributed by atoms with E-state index >= 15 is 0 Å². The van der Waals surface area contributed by atoms with Crippen LogP contribution in [-0.4, -0.2) is 19.0 Å². The van der Waals surface area contributed by atoms with Crippen molar-refractivity contribution in [3.05, 3.63) is 0 Å². The zero-order valence-corrected chi connectivity index (χ0v) is 8.89. The first kappa shape index (κ1) is 9.20. The number of ether oxygens (including phenoxy) is 1. The molecule has 0 spiro atoms. The summed E-state index contributed by atoms with van der Waals surface area (Å²) in [5.74, 6) is 0.770. The first-order valence-corrected chi connectivity index (χ1v) is 5.02. The molecule has 2 fully saturated rings. The maximum Gasteiger partial charge on any atom is 0.168 e. The summed E-state index contributed by atoms with van der Waals surface area (Å²) < 4.78 is 5.31. The van der Waals surface area contributed by atoms with Crippen molar-refractivity contribution in [1.29, 1.82) is 0 Å². The van der Waals surface area contributed by atoms with E-state index in [1.807, 2.05) is 0 Å². The molecule has 2 nitrogen and oxygen atoms in total. The van der Waals surface area contributed by atoms with Crippen molar-refractivity contribution in [2.24, 2.45) is 16.7 Å². The highest BCUT2D eigenvalue weighted by molar-refractivity contribution is 5.93. The van der Waals surface area contributed by atoms with Crippen molar-refractivity contribution in [2.75, 3.05) is 7.11 Å². The Hall–Kier alpha value is -0.370. The molecule has 2 aliphatic rings. The van der Waals surface area contributed by atoms with Crippen LogP contribution in [0.1, 0.15) is 33.6 Å². The lowest BCUT2D eigenvalue weighted by Crippen LogP contribution is -2.35. The quantitative estimate of drug-likeness (QED) is 0.620. The third kappa shape index (κ3) is 0.804. The van der Waals surface area contributed by atoms with E-state index in [0.29, 0.717) is 11.7 Å². The van der Waals surface area contributed by atoms with Gasteiger partial charge in [-0.3, -0.25) is 4.79 Å². The SMILES string of the molecule is CO[C@@H]1C(=O)[C@@]2(C)CC[C@@H]1C2(C)C. The van der Waals surface area contributed by atoms with E-state index in [1.54, 1.807) is 7.11 Å². The highest BCUT2D eigenvalue weighted by atomic mass is 16.5. The fraction of sp³-hybridized carbons (Fsp3) is 0.909. The minimum absolute atomic E-state index is 0.127. The van der Waals surface area contributed by atoms with Crippen LogP contribution < -0.4 is 0 Å². The summed E-state index contributed by atoms with van der Waals surface area (Å²) in [7, 11) is 1.66. The average Bonchev–Trinajstić information content (AvgIpc) is 2.36. The minimum atomic E-state index is -0.131. The molecule has 0 saturated heterocycles. The van der Waals surface area contributed by atoms with Crippen molar-refractivity contribution in [1.82, 2.24) is 0 Å². The highest BCUT2D eigenvalue weighted by Gasteiger charge is 2.66. The maximum absolute atomic E-state index is 12.0. The normalized spacial score (nSPS) is 47.2. The average molecular weight is 182 g/mol. The predicted molar refractivity (Wildman–Crippen MR) is 50.4 cm³/mol. The second-order valence-corrected chi connectivity index (χ2v) is 5.22. The van der Waals surface area contributed by atoms with Crippen molar-refractivity contribution >= 4 is 5.78 Å². The molecular weight excluding hydrogens is 164 g/mol. The van der Waals surface area contributed by atoms with Crippen molar-refractivity contribution in [2.45, 2.75) is 39.7 Å². The summed E-state index contributed by atoms with van der Waals surface area (Å²) in [6.07, 6.45) is 2.06. The lowest BCUT2D eigenvalue weighted by atomic mass is 9.70. The number of methoxy groups -OCH3 is 1. The summed E-state index contributed by atoms with van der Waals surface area (Å²) in [5.41, 5.74) is 0.00308. The van der Waals surface area contributed by atoms with Gasteiger partial charge in [0.2, 0.25) is 0 Å². The van der Waals surface area contributed by atoms with Crippen LogP contribution in [0.15, 0.2) is 0 Å². The molecule has 2 bridgehead atoms. The van der Waals surface area contributed by atoms with Crippen LogP contribution >= 0.6 is 0 Å². The largest absolute Gasteiger partial charge is 0.373 e. The Morgan fingerprint density at radius 2 is 2.00 bits per heavy atom. The van der Waals surface area contributed by atoms with E-state index in [2.05, 4.69) is 20.8 Å². The number of hydrogen-bond acceptors (Lipinski definition) is 2. The van der Waals surface area contributed by atoms with Gasteiger partial charge in [0.05, 0.1) is 0 Å². The van der Waals surface area contributed by atoms with Crippen molar-refractivity contribution < 1.29 is 9.53 Å². The number of carbonyl (C=O) groups excluding carboxylic acids is 1. The molecule has 0 aliphatic heterocycles. The summed E-state index contributed by atoms with van der Waals surface area (Å²) in [5, 5.41) is 0. The van der Waals surface area contributed by atoms with Gasteiger partial charge in [-0.05, 0) is 24.2 Å². The smallest absolute Gasteiger partial charge is 0.168 e. The van der Waals surface area contributed by atoms with E-state index in [4.69, 9.17) is 4.74 Å². The Morgan fingerprint density at radius 3 is 2.31 bits per heavy atom.